The first-order valence-corrected chi connectivity index (χ1v) is 11.5. The molecule has 4 nitrogen and oxygen atoms in total. The molecule has 1 N–H and O–H groups in total. The first-order chi connectivity index (χ1) is 12.1. The molecule has 0 bridgehead atoms. The average Bonchev–Trinajstić information content (AvgIpc) is 2.57. The molecule has 0 spiro atoms. The number of esters is 1. The highest BCUT2D eigenvalue weighted by atomic mass is 31.1. The third-order valence-corrected chi connectivity index (χ3v) is 6.12. The Balaban J connectivity index is 3.84. The third kappa shape index (κ3) is 18.0. The van der Waals surface area contributed by atoms with Gasteiger partial charge in [-0.1, -0.05) is 64.7 Å². The number of carbonyl (C=O) groups excluding carboxylic acids is 1. The normalized spacial score (nSPS) is 12.6. The van der Waals surface area contributed by atoms with E-state index in [1.807, 2.05) is 6.92 Å². The largest absolute Gasteiger partial charge is 0.481 e. The number of ether oxygens (including phenoxy) is 1. The molecule has 0 aromatic heterocycles. The first kappa shape index (κ1) is 24.4. The van der Waals surface area contributed by atoms with Gasteiger partial charge in [-0.15, -0.1) is 8.58 Å². The van der Waals surface area contributed by atoms with Crippen molar-refractivity contribution >= 4 is 20.5 Å². The van der Waals surface area contributed by atoms with E-state index < -0.39 is 5.97 Å². The van der Waals surface area contributed by atoms with Crippen LogP contribution in [0.25, 0.3) is 0 Å². The molecule has 0 aromatic carbocycles. The fourth-order valence-corrected chi connectivity index (χ4v) is 4.48. The Morgan fingerprint density at radius 1 is 0.880 bits per heavy atom. The summed E-state index contributed by atoms with van der Waals surface area (Å²) in [4.78, 5) is 22.2. The highest BCUT2D eigenvalue weighted by molar-refractivity contribution is 7.38. The second-order valence-electron chi connectivity index (χ2n) is 6.76. The Bertz CT molecular complexity index is 334. The quantitative estimate of drug-likeness (QED) is 0.188. The van der Waals surface area contributed by atoms with Crippen molar-refractivity contribution in [3.8, 4) is 0 Å². The minimum absolute atomic E-state index is 0.123. The van der Waals surface area contributed by atoms with Crippen LogP contribution < -0.4 is 0 Å². The van der Waals surface area contributed by atoms with Crippen molar-refractivity contribution < 1.29 is 19.4 Å². The molecule has 148 valence electrons. The van der Waals surface area contributed by atoms with Gasteiger partial charge < -0.3 is 9.84 Å². The van der Waals surface area contributed by atoms with E-state index in [1.54, 1.807) is 0 Å². The summed E-state index contributed by atoms with van der Waals surface area (Å²) in [6, 6.07) is 0. The number of carboxylic acids is 1. The van der Waals surface area contributed by atoms with Gasteiger partial charge in [0.15, 0.2) is 0 Å². The molecular formula is C20H39O4P. The van der Waals surface area contributed by atoms with Crippen LogP contribution in [0.2, 0.25) is 0 Å². The van der Waals surface area contributed by atoms with Crippen LogP contribution in [-0.2, 0) is 14.3 Å². The Morgan fingerprint density at radius 3 is 2.04 bits per heavy atom. The summed E-state index contributed by atoms with van der Waals surface area (Å²) in [6.45, 7) is 4.50. The number of rotatable bonds is 18. The molecule has 0 aliphatic carbocycles. The minimum atomic E-state index is -0.722. The van der Waals surface area contributed by atoms with Gasteiger partial charge in [0, 0.05) is 12.8 Å². The first-order valence-electron chi connectivity index (χ1n) is 10.2. The topological polar surface area (TPSA) is 63.6 Å². The number of carbonyl (C=O) groups is 2. The van der Waals surface area contributed by atoms with E-state index in [9.17, 15) is 9.59 Å². The van der Waals surface area contributed by atoms with Crippen molar-refractivity contribution in [2.24, 2.45) is 0 Å². The van der Waals surface area contributed by atoms with Gasteiger partial charge in [-0.05, 0) is 31.6 Å². The molecule has 0 amide bonds. The predicted octanol–water partition coefficient (Wildman–Crippen LogP) is 5.77. The Morgan fingerprint density at radius 2 is 1.48 bits per heavy atom. The monoisotopic (exact) mass is 374 g/mol. The maximum Gasteiger partial charge on any atom is 0.305 e. The van der Waals surface area contributed by atoms with Crippen LogP contribution in [0.3, 0.4) is 0 Å². The van der Waals surface area contributed by atoms with E-state index in [1.165, 1.54) is 57.8 Å². The third-order valence-electron chi connectivity index (χ3n) is 4.43. The maximum atomic E-state index is 11.5. The van der Waals surface area contributed by atoms with Gasteiger partial charge in [-0.25, -0.2) is 0 Å². The Kier molecular flexibility index (Phi) is 17.7. The Hall–Kier alpha value is -0.630. The predicted molar refractivity (Wildman–Crippen MR) is 107 cm³/mol. The summed E-state index contributed by atoms with van der Waals surface area (Å²) in [5.41, 5.74) is 0.480. The number of hydrogen-bond acceptors (Lipinski definition) is 3. The molecular weight excluding hydrogens is 335 g/mol. The smallest absolute Gasteiger partial charge is 0.305 e. The van der Waals surface area contributed by atoms with Crippen molar-refractivity contribution in [3.63, 3.8) is 0 Å². The summed E-state index contributed by atoms with van der Waals surface area (Å²) in [5, 5.41) is 8.80. The molecule has 25 heavy (non-hydrogen) atoms. The molecule has 0 aromatic rings. The fraction of sp³-hybridized carbons (Fsp3) is 0.900. The van der Waals surface area contributed by atoms with Crippen LogP contribution in [0, 0.1) is 0 Å². The zero-order chi connectivity index (χ0) is 18.8. The van der Waals surface area contributed by atoms with Gasteiger partial charge in [-0.3, -0.25) is 9.59 Å². The lowest BCUT2D eigenvalue weighted by Crippen LogP contribution is -2.10. The summed E-state index contributed by atoms with van der Waals surface area (Å²) in [7, 11) is 0.641. The van der Waals surface area contributed by atoms with Gasteiger partial charge in [-0.2, -0.15) is 0 Å². The van der Waals surface area contributed by atoms with Crippen LogP contribution >= 0.6 is 8.58 Å². The molecule has 0 aliphatic rings. The van der Waals surface area contributed by atoms with Crippen LogP contribution in [0.5, 0.6) is 0 Å². The summed E-state index contributed by atoms with van der Waals surface area (Å²) < 4.78 is 5.00. The molecule has 0 heterocycles. The molecule has 0 radical (unpaired) electrons. The van der Waals surface area contributed by atoms with Gasteiger partial charge in [0.1, 0.15) is 0 Å². The van der Waals surface area contributed by atoms with Gasteiger partial charge in [0.25, 0.3) is 0 Å². The minimum Gasteiger partial charge on any atom is -0.481 e. The second kappa shape index (κ2) is 18.2. The lowest BCUT2D eigenvalue weighted by molar-refractivity contribution is -0.143. The summed E-state index contributed by atoms with van der Waals surface area (Å²) in [6.07, 6.45) is 15.2. The molecule has 0 saturated heterocycles. The van der Waals surface area contributed by atoms with E-state index in [2.05, 4.69) is 6.92 Å². The van der Waals surface area contributed by atoms with Gasteiger partial charge in [0.2, 0.25) is 0 Å². The van der Waals surface area contributed by atoms with Crippen molar-refractivity contribution in [1.29, 1.82) is 0 Å². The molecule has 0 rings (SSSR count). The maximum absolute atomic E-state index is 11.5. The number of carboxylic acid groups (broad SMARTS) is 1. The van der Waals surface area contributed by atoms with Crippen LogP contribution in [0.15, 0.2) is 0 Å². The van der Waals surface area contributed by atoms with Crippen LogP contribution in [-0.4, -0.2) is 35.5 Å². The zero-order valence-electron chi connectivity index (χ0n) is 16.4. The molecule has 2 unspecified atom stereocenters. The van der Waals surface area contributed by atoms with E-state index >= 15 is 0 Å². The van der Waals surface area contributed by atoms with E-state index in [0.29, 0.717) is 27.3 Å². The van der Waals surface area contributed by atoms with Crippen LogP contribution in [0.4, 0.5) is 0 Å². The number of aliphatic carboxylic acids is 1. The molecule has 0 fully saturated rings. The Labute approximate surface area is 156 Å². The second-order valence-corrected chi connectivity index (χ2v) is 8.48. The lowest BCUT2D eigenvalue weighted by Gasteiger charge is -2.16. The fourth-order valence-electron chi connectivity index (χ4n) is 2.96. The van der Waals surface area contributed by atoms with E-state index in [-0.39, 0.29) is 12.4 Å². The van der Waals surface area contributed by atoms with Crippen LogP contribution in [0.1, 0.15) is 97.3 Å². The van der Waals surface area contributed by atoms with Crippen molar-refractivity contribution in [1.82, 2.24) is 0 Å². The highest BCUT2D eigenvalue weighted by Gasteiger charge is 2.12. The van der Waals surface area contributed by atoms with E-state index in [0.717, 1.165) is 19.0 Å². The number of hydrogen-bond donors (Lipinski definition) is 1. The summed E-state index contributed by atoms with van der Waals surface area (Å²) in [5.74, 6) is -0.845. The standard InChI is InChI=1S/C20H39O4P/c1-3-5-6-7-8-9-10-11-12-13-18(25-17-16-19(21)22)14-15-20(23)24-4-2/h18,25H,3-17H2,1-2H3,(H,21,22). The SMILES string of the molecule is CCCCCCCCCCCC(CCC(=O)OCC)PCCC(=O)O. The molecule has 2 atom stereocenters. The van der Waals surface area contributed by atoms with Crippen molar-refractivity contribution in [2.75, 3.05) is 12.8 Å². The van der Waals surface area contributed by atoms with E-state index in [4.69, 9.17) is 9.84 Å². The van der Waals surface area contributed by atoms with Crippen molar-refractivity contribution in [3.05, 3.63) is 0 Å². The van der Waals surface area contributed by atoms with Crippen molar-refractivity contribution in [2.45, 2.75) is 103 Å². The number of unbranched alkanes of at least 4 members (excludes halogenated alkanes) is 8. The average molecular weight is 375 g/mol. The molecule has 5 heteroatoms. The lowest BCUT2D eigenvalue weighted by atomic mass is 10.0. The highest BCUT2D eigenvalue weighted by Crippen LogP contribution is 2.29. The zero-order valence-corrected chi connectivity index (χ0v) is 17.4. The molecule has 0 saturated carbocycles. The summed E-state index contributed by atoms with van der Waals surface area (Å²) >= 11 is 0. The van der Waals surface area contributed by atoms with Gasteiger partial charge in [0.05, 0.1) is 6.61 Å². The molecule has 0 aliphatic heterocycles. The van der Waals surface area contributed by atoms with Gasteiger partial charge >= 0.3 is 11.9 Å².